The lowest BCUT2D eigenvalue weighted by Crippen LogP contribution is -2.49. The molecule has 0 radical (unpaired) electrons. The molecule has 0 saturated heterocycles. The first-order valence-electron chi connectivity index (χ1n) is 4.71. The Balaban J connectivity index is 3.38. The third kappa shape index (κ3) is 1.41. The Morgan fingerprint density at radius 3 is 1.93 bits per heavy atom. The number of hydrogen-bond acceptors (Lipinski definition) is 3. The summed E-state index contributed by atoms with van der Waals surface area (Å²) in [4.78, 5) is 22.8. The van der Waals surface area contributed by atoms with Gasteiger partial charge in [-0.3, -0.25) is 0 Å². The van der Waals surface area contributed by atoms with Crippen LogP contribution in [0, 0.1) is 0 Å². The molecule has 14 heavy (non-hydrogen) atoms. The van der Waals surface area contributed by atoms with Crippen LogP contribution in [0.3, 0.4) is 0 Å². The molecule has 1 rings (SSSR count). The van der Waals surface area contributed by atoms with E-state index in [-0.39, 0.29) is 6.54 Å². The number of aromatic nitrogens is 3. The molecule has 80 valence electrons. The summed E-state index contributed by atoms with van der Waals surface area (Å²) >= 11 is 0. The fourth-order valence-corrected chi connectivity index (χ4v) is 1.69. The van der Waals surface area contributed by atoms with Crippen molar-refractivity contribution < 1.29 is 0 Å². The Kier molecular flexibility index (Phi) is 2.95. The number of aromatic amines is 2. The van der Waals surface area contributed by atoms with Crippen molar-refractivity contribution in [3.63, 3.8) is 0 Å². The van der Waals surface area contributed by atoms with E-state index < -0.39 is 16.9 Å². The van der Waals surface area contributed by atoms with Crippen molar-refractivity contribution in [2.45, 2.75) is 32.2 Å². The molecule has 0 atom stereocenters. The minimum atomic E-state index is -0.565. The maximum atomic E-state index is 11.4. The van der Waals surface area contributed by atoms with Gasteiger partial charge in [-0.25, -0.2) is 24.4 Å². The van der Waals surface area contributed by atoms with Crippen molar-refractivity contribution in [2.75, 3.05) is 6.54 Å². The summed E-state index contributed by atoms with van der Waals surface area (Å²) in [6.07, 6.45) is 1.31. The van der Waals surface area contributed by atoms with Crippen LogP contribution < -0.4 is 17.1 Å². The molecular weight excluding hydrogens is 184 g/mol. The average Bonchev–Trinajstić information content (AvgIpc) is 2.53. The van der Waals surface area contributed by atoms with Gasteiger partial charge in [0.15, 0.2) is 0 Å². The minimum Gasteiger partial charge on any atom is -0.328 e. The molecule has 0 unspecified atom stereocenters. The first-order valence-corrected chi connectivity index (χ1v) is 4.71. The Hall–Kier alpha value is -1.30. The molecule has 6 heteroatoms. The van der Waals surface area contributed by atoms with Gasteiger partial charge in [-0.2, -0.15) is 0 Å². The van der Waals surface area contributed by atoms with E-state index in [0.29, 0.717) is 12.8 Å². The topological polar surface area (TPSA) is 96.7 Å². The maximum absolute atomic E-state index is 11.4. The van der Waals surface area contributed by atoms with Crippen LogP contribution in [0.15, 0.2) is 9.59 Å². The lowest BCUT2D eigenvalue weighted by atomic mass is 9.93. The van der Waals surface area contributed by atoms with Crippen LogP contribution in [-0.2, 0) is 5.54 Å². The predicted octanol–water partition coefficient (Wildman–Crippen LogP) is -0.661. The summed E-state index contributed by atoms with van der Waals surface area (Å²) < 4.78 is 1.17. The van der Waals surface area contributed by atoms with Gasteiger partial charge in [0.1, 0.15) is 0 Å². The molecule has 0 aliphatic carbocycles. The zero-order valence-corrected chi connectivity index (χ0v) is 8.46. The number of hydrogen-bond donors (Lipinski definition) is 3. The minimum absolute atomic E-state index is 0.279. The van der Waals surface area contributed by atoms with Crippen LogP contribution in [-0.4, -0.2) is 21.3 Å². The van der Waals surface area contributed by atoms with Gasteiger partial charge >= 0.3 is 11.4 Å². The van der Waals surface area contributed by atoms with Crippen LogP contribution in [0.2, 0.25) is 0 Å². The SMILES string of the molecule is CCC(CC)(CN)n1c(=O)[nH][nH]c1=O. The number of nitrogens with zero attached hydrogens (tertiary/aromatic N) is 1. The normalized spacial score (nSPS) is 11.9. The van der Waals surface area contributed by atoms with Crippen molar-refractivity contribution in [3.05, 3.63) is 21.0 Å². The van der Waals surface area contributed by atoms with Gasteiger partial charge in [-0.15, -0.1) is 0 Å². The standard InChI is InChI=1S/C8H16N4O2/c1-3-8(4-2,5-9)12-6(13)10-11-7(12)14/h3-5,9H2,1-2H3,(H,10,13)(H,11,14). The number of rotatable bonds is 4. The second kappa shape index (κ2) is 3.83. The third-order valence-corrected chi connectivity index (χ3v) is 2.85. The summed E-state index contributed by atoms with van der Waals surface area (Å²) in [7, 11) is 0. The summed E-state index contributed by atoms with van der Waals surface area (Å²) in [6.45, 7) is 4.10. The Morgan fingerprint density at radius 1 is 1.21 bits per heavy atom. The smallest absolute Gasteiger partial charge is 0.328 e. The molecule has 1 heterocycles. The van der Waals surface area contributed by atoms with Crippen LogP contribution in [0.1, 0.15) is 26.7 Å². The van der Waals surface area contributed by atoms with Gasteiger partial charge in [-0.05, 0) is 12.8 Å². The van der Waals surface area contributed by atoms with Crippen LogP contribution >= 0.6 is 0 Å². The highest BCUT2D eigenvalue weighted by molar-refractivity contribution is 4.88. The van der Waals surface area contributed by atoms with Gasteiger partial charge in [-0.1, -0.05) is 13.8 Å². The fraction of sp³-hybridized carbons (Fsp3) is 0.750. The molecule has 0 aliphatic heterocycles. The first kappa shape index (κ1) is 10.8. The zero-order valence-electron chi connectivity index (χ0n) is 8.46. The molecule has 0 aliphatic rings. The van der Waals surface area contributed by atoms with Crippen molar-refractivity contribution in [2.24, 2.45) is 5.73 Å². The average molecular weight is 200 g/mol. The van der Waals surface area contributed by atoms with E-state index in [1.165, 1.54) is 4.57 Å². The van der Waals surface area contributed by atoms with Gasteiger partial charge in [0, 0.05) is 6.54 Å². The Morgan fingerprint density at radius 2 is 1.64 bits per heavy atom. The van der Waals surface area contributed by atoms with Crippen molar-refractivity contribution in [1.82, 2.24) is 14.8 Å². The first-order chi connectivity index (χ1) is 6.61. The molecule has 0 saturated carbocycles. The second-order valence-electron chi connectivity index (χ2n) is 3.33. The number of nitrogens with one attached hydrogen (secondary N) is 2. The summed E-state index contributed by atoms with van der Waals surface area (Å²) in [6, 6.07) is 0. The van der Waals surface area contributed by atoms with Gasteiger partial charge < -0.3 is 5.73 Å². The van der Waals surface area contributed by atoms with E-state index in [9.17, 15) is 9.59 Å². The van der Waals surface area contributed by atoms with Crippen LogP contribution in [0.5, 0.6) is 0 Å². The maximum Gasteiger partial charge on any atom is 0.344 e. The van der Waals surface area contributed by atoms with E-state index in [0.717, 1.165) is 0 Å². The van der Waals surface area contributed by atoms with E-state index in [2.05, 4.69) is 10.2 Å². The number of H-pyrrole nitrogens is 2. The van der Waals surface area contributed by atoms with Gasteiger partial charge in [0.25, 0.3) is 0 Å². The quantitative estimate of drug-likeness (QED) is 0.601. The monoisotopic (exact) mass is 200 g/mol. The summed E-state index contributed by atoms with van der Waals surface area (Å²) in [5.74, 6) is 0. The highest BCUT2D eigenvalue weighted by atomic mass is 16.2. The molecule has 0 bridgehead atoms. The largest absolute Gasteiger partial charge is 0.344 e. The van der Waals surface area contributed by atoms with Crippen molar-refractivity contribution in [1.29, 1.82) is 0 Å². The molecular formula is C8H16N4O2. The van der Waals surface area contributed by atoms with Gasteiger partial charge in [0.05, 0.1) is 5.54 Å². The molecule has 0 spiro atoms. The number of nitrogens with two attached hydrogens (primary N) is 1. The van der Waals surface area contributed by atoms with E-state index >= 15 is 0 Å². The molecule has 0 amide bonds. The summed E-state index contributed by atoms with van der Waals surface area (Å²) in [5.41, 5.74) is 4.21. The molecule has 6 nitrogen and oxygen atoms in total. The van der Waals surface area contributed by atoms with E-state index in [4.69, 9.17) is 5.73 Å². The van der Waals surface area contributed by atoms with Crippen LogP contribution in [0.4, 0.5) is 0 Å². The lowest BCUT2D eigenvalue weighted by molar-refractivity contribution is 0.257. The highest BCUT2D eigenvalue weighted by Gasteiger charge is 2.30. The Labute approximate surface area is 81.1 Å². The summed E-state index contributed by atoms with van der Waals surface area (Å²) in [5, 5.41) is 4.52. The molecule has 0 fully saturated rings. The zero-order chi connectivity index (χ0) is 10.8. The highest BCUT2D eigenvalue weighted by Crippen LogP contribution is 2.19. The molecule has 0 aromatic carbocycles. The van der Waals surface area contributed by atoms with Gasteiger partial charge in [0.2, 0.25) is 0 Å². The lowest BCUT2D eigenvalue weighted by Gasteiger charge is -2.29. The second-order valence-corrected chi connectivity index (χ2v) is 3.33. The Bertz CT molecular complexity index is 360. The third-order valence-electron chi connectivity index (χ3n) is 2.85. The van der Waals surface area contributed by atoms with Crippen molar-refractivity contribution >= 4 is 0 Å². The molecule has 1 aromatic rings. The molecule has 4 N–H and O–H groups in total. The molecule has 1 aromatic heterocycles. The van der Waals surface area contributed by atoms with Crippen LogP contribution in [0.25, 0.3) is 0 Å². The van der Waals surface area contributed by atoms with E-state index in [1.54, 1.807) is 0 Å². The van der Waals surface area contributed by atoms with E-state index in [1.807, 2.05) is 13.8 Å². The fourth-order valence-electron chi connectivity index (χ4n) is 1.69. The van der Waals surface area contributed by atoms with Crippen molar-refractivity contribution in [3.8, 4) is 0 Å². The predicted molar refractivity (Wildman–Crippen MR) is 53.3 cm³/mol.